The number of aliphatic hydroxyl groups excluding tert-OH is 1. The highest BCUT2D eigenvalue weighted by molar-refractivity contribution is 6.71. The molecule has 13 heteroatoms. The van der Waals surface area contributed by atoms with Gasteiger partial charge in [0, 0.05) is 54.2 Å². The summed E-state index contributed by atoms with van der Waals surface area (Å²) in [6, 6.07) is 26.1. The molecule has 4 aliphatic heterocycles. The summed E-state index contributed by atoms with van der Waals surface area (Å²) in [5.74, 6) is -0.435. The van der Waals surface area contributed by atoms with Crippen LogP contribution in [0.2, 0.25) is 18.6 Å². The monoisotopic (exact) mass is 735 g/mol. The molecule has 4 aliphatic rings. The number of para-hydroxylation sites is 1. The zero-order valence-electron chi connectivity index (χ0n) is 30.7. The van der Waals surface area contributed by atoms with Crippen LogP contribution in [-0.2, 0) is 39.4 Å². The fraction of sp³-hybridized carbons (Fsp3) is 0.450. The van der Waals surface area contributed by atoms with Crippen LogP contribution in [0.1, 0.15) is 43.0 Å². The lowest BCUT2D eigenvalue weighted by atomic mass is 9.82. The topological polar surface area (TPSA) is 136 Å². The summed E-state index contributed by atoms with van der Waals surface area (Å²) in [6.07, 6.45) is 3.73. The summed E-state index contributed by atoms with van der Waals surface area (Å²) in [6.45, 7) is 8.65. The largest absolute Gasteiger partial charge is 0.432 e. The quantitative estimate of drug-likeness (QED) is 0.205. The predicted molar refractivity (Wildman–Crippen MR) is 205 cm³/mol. The Hall–Kier alpha value is -4.40. The Morgan fingerprint density at radius 1 is 0.962 bits per heavy atom. The van der Waals surface area contributed by atoms with Gasteiger partial charge in [0.05, 0.1) is 30.7 Å². The highest BCUT2D eigenvalue weighted by Crippen LogP contribution is 2.60. The molecule has 278 valence electrons. The average Bonchev–Trinajstić information content (AvgIpc) is 3.87. The summed E-state index contributed by atoms with van der Waals surface area (Å²) in [4.78, 5) is 47.7. The number of nitrogens with zero attached hydrogens (tertiary/aromatic N) is 6. The third-order valence-electron chi connectivity index (χ3n) is 12.0. The van der Waals surface area contributed by atoms with Crippen molar-refractivity contribution < 1.29 is 24.2 Å². The van der Waals surface area contributed by atoms with E-state index in [9.17, 15) is 14.7 Å². The summed E-state index contributed by atoms with van der Waals surface area (Å²) in [5.41, 5.74) is 2.65. The number of aromatic nitrogens is 3. The van der Waals surface area contributed by atoms with Crippen LogP contribution in [0.25, 0.3) is 0 Å². The molecule has 0 radical (unpaired) electrons. The first-order valence-corrected chi connectivity index (χ1v) is 21.8. The van der Waals surface area contributed by atoms with Crippen molar-refractivity contribution in [2.75, 3.05) is 41.1 Å². The van der Waals surface area contributed by atoms with Crippen molar-refractivity contribution in [1.82, 2.24) is 20.3 Å². The minimum absolute atomic E-state index is 0.00860. The number of benzene rings is 3. The first kappa shape index (κ1) is 35.6. The second kappa shape index (κ2) is 13.8. The Bertz CT molecular complexity index is 1960. The van der Waals surface area contributed by atoms with Gasteiger partial charge in [0.2, 0.25) is 0 Å². The molecule has 3 N–H and O–H groups in total. The molecule has 4 aromatic rings. The van der Waals surface area contributed by atoms with Crippen molar-refractivity contribution in [3.05, 3.63) is 102 Å². The Kier molecular flexibility index (Phi) is 9.26. The number of carbonyl (C=O) groups is 2. The molecule has 0 unspecified atom stereocenters. The molecule has 3 aromatic carbocycles. The molecule has 0 saturated carbocycles. The van der Waals surface area contributed by atoms with Crippen molar-refractivity contribution in [3.63, 3.8) is 0 Å². The third-order valence-corrected chi connectivity index (χ3v) is 14.5. The standard InChI is InChI=1S/C40H49N7O5Si/c1-28-36(53(2,3)51)35(16-22-44-26-30(17-23-48)42-43-44)52-40(28)33-24-32(14-15-34(33)45(38(40)50)25-29-10-6-4-7-11-29)46-27-47(31-12-8-5-9-13-31)39(37(46)49)18-20-41-21-19-39/h4-15,24,26,28,35-36,41,48,51H,16-23,25,27H2,1-3H3/t28-,35+,36-,40+/m0/s1. The Morgan fingerprint density at radius 3 is 2.38 bits per heavy atom. The van der Waals surface area contributed by atoms with Crippen LogP contribution in [0.5, 0.6) is 0 Å². The smallest absolute Gasteiger partial charge is 0.264 e. The number of anilines is 3. The lowest BCUT2D eigenvalue weighted by Crippen LogP contribution is -2.55. The molecule has 1 aromatic heterocycles. The molecule has 0 aliphatic carbocycles. The minimum atomic E-state index is -2.91. The summed E-state index contributed by atoms with van der Waals surface area (Å²) in [5, 5.41) is 21.2. The van der Waals surface area contributed by atoms with E-state index in [0.29, 0.717) is 51.1 Å². The van der Waals surface area contributed by atoms with Crippen molar-refractivity contribution in [1.29, 1.82) is 0 Å². The van der Waals surface area contributed by atoms with Gasteiger partial charge in [-0.1, -0.05) is 60.7 Å². The van der Waals surface area contributed by atoms with E-state index in [1.165, 1.54) is 0 Å². The van der Waals surface area contributed by atoms with E-state index in [0.717, 1.165) is 41.3 Å². The molecule has 3 saturated heterocycles. The third kappa shape index (κ3) is 5.98. The Balaban J connectivity index is 1.20. The van der Waals surface area contributed by atoms with Crippen LogP contribution in [0.15, 0.2) is 85.1 Å². The molecule has 0 bridgehead atoms. The van der Waals surface area contributed by atoms with Gasteiger partial charge in [-0.25, -0.2) is 0 Å². The Morgan fingerprint density at radius 2 is 1.68 bits per heavy atom. The van der Waals surface area contributed by atoms with Gasteiger partial charge in [0.1, 0.15) is 5.54 Å². The van der Waals surface area contributed by atoms with Gasteiger partial charge in [-0.2, -0.15) is 0 Å². The van der Waals surface area contributed by atoms with Gasteiger partial charge in [-0.05, 0) is 81.3 Å². The maximum atomic E-state index is 15.1. The van der Waals surface area contributed by atoms with E-state index in [1.54, 1.807) is 4.68 Å². The first-order chi connectivity index (χ1) is 25.6. The van der Waals surface area contributed by atoms with Gasteiger partial charge in [0.15, 0.2) is 13.9 Å². The zero-order valence-corrected chi connectivity index (χ0v) is 31.7. The van der Waals surface area contributed by atoms with E-state index in [2.05, 4.69) is 32.7 Å². The van der Waals surface area contributed by atoms with Crippen LogP contribution in [-0.4, -0.2) is 83.0 Å². The van der Waals surface area contributed by atoms with Crippen LogP contribution in [0, 0.1) is 5.92 Å². The SMILES string of the molecule is C[C@H]1[C@H]([Si](C)(C)O)[C@@H](CCn2cc(CCO)nn2)O[C@]12C(=O)N(Cc1ccccc1)c1ccc(N3CN(c4ccccc4)C4(CCNCC4)C3=O)cc12. The molecular formula is C40H49N7O5Si. The highest BCUT2D eigenvalue weighted by Gasteiger charge is 2.66. The average molecular weight is 736 g/mol. The maximum absolute atomic E-state index is 15.1. The van der Waals surface area contributed by atoms with Crippen molar-refractivity contribution in [2.45, 2.75) is 81.6 Å². The summed E-state index contributed by atoms with van der Waals surface area (Å²) in [7, 11) is -2.91. The van der Waals surface area contributed by atoms with Gasteiger partial charge < -0.3 is 29.8 Å². The lowest BCUT2D eigenvalue weighted by Gasteiger charge is -2.39. The number of hydrogen-bond donors (Lipinski definition) is 3. The molecule has 2 amide bonds. The van der Waals surface area contributed by atoms with Gasteiger partial charge in [-0.3, -0.25) is 19.2 Å². The highest BCUT2D eigenvalue weighted by atomic mass is 28.4. The van der Waals surface area contributed by atoms with Crippen molar-refractivity contribution in [3.8, 4) is 0 Å². The second-order valence-electron chi connectivity index (χ2n) is 15.6. The molecule has 12 nitrogen and oxygen atoms in total. The number of ether oxygens (including phenoxy) is 1. The number of aryl methyl sites for hydroxylation is 1. The van der Waals surface area contributed by atoms with Crippen LogP contribution < -0.4 is 20.0 Å². The first-order valence-electron chi connectivity index (χ1n) is 18.8. The lowest BCUT2D eigenvalue weighted by molar-refractivity contribution is -0.146. The number of hydrogen-bond acceptors (Lipinski definition) is 9. The normalized spacial score (nSPS) is 25.3. The number of piperidine rings is 1. The molecule has 5 heterocycles. The molecule has 53 heavy (non-hydrogen) atoms. The van der Waals surface area contributed by atoms with Crippen LogP contribution >= 0.6 is 0 Å². The Labute approximate surface area is 311 Å². The van der Waals surface area contributed by atoms with Crippen molar-refractivity contribution in [2.24, 2.45) is 5.92 Å². The molecule has 4 atom stereocenters. The van der Waals surface area contributed by atoms with Gasteiger partial charge in [0.25, 0.3) is 11.8 Å². The molecular weight excluding hydrogens is 687 g/mol. The maximum Gasteiger partial charge on any atom is 0.264 e. The van der Waals surface area contributed by atoms with E-state index in [4.69, 9.17) is 4.74 Å². The molecule has 8 rings (SSSR count). The molecule has 2 spiro atoms. The fourth-order valence-corrected chi connectivity index (χ4v) is 12.1. The van der Waals surface area contributed by atoms with E-state index < -0.39 is 25.6 Å². The van der Waals surface area contributed by atoms with Crippen LogP contribution in [0.3, 0.4) is 0 Å². The van der Waals surface area contributed by atoms with E-state index >= 15 is 4.79 Å². The fourth-order valence-electron chi connectivity index (χ4n) is 9.53. The number of aliphatic hydroxyl groups is 1. The molecule has 3 fully saturated rings. The number of amides is 2. The van der Waals surface area contributed by atoms with E-state index in [1.807, 2.05) is 103 Å². The zero-order chi connectivity index (χ0) is 37.0. The van der Waals surface area contributed by atoms with Gasteiger partial charge in [-0.15, -0.1) is 5.10 Å². The van der Waals surface area contributed by atoms with Gasteiger partial charge >= 0.3 is 0 Å². The van der Waals surface area contributed by atoms with E-state index in [-0.39, 0.29) is 29.9 Å². The predicted octanol–water partition coefficient (Wildman–Crippen LogP) is 4.18. The summed E-state index contributed by atoms with van der Waals surface area (Å²) >= 11 is 0. The number of fused-ring (bicyclic) bond motifs is 2. The second-order valence-corrected chi connectivity index (χ2v) is 19.6. The summed E-state index contributed by atoms with van der Waals surface area (Å²) < 4.78 is 8.89. The minimum Gasteiger partial charge on any atom is -0.432 e. The van der Waals surface area contributed by atoms with Crippen molar-refractivity contribution >= 4 is 37.2 Å². The number of rotatable bonds is 10. The number of nitrogens with one attached hydrogen (secondary N) is 1. The number of carbonyl (C=O) groups excluding carboxylic acids is 2. The van der Waals surface area contributed by atoms with Crippen LogP contribution in [0.4, 0.5) is 17.1 Å².